The number of carbonyl (C=O) groups is 2. The number of hydrogen-bond acceptors (Lipinski definition) is 8. The molecule has 1 amide bonds. The fourth-order valence-corrected chi connectivity index (χ4v) is 4.84. The highest BCUT2D eigenvalue weighted by molar-refractivity contribution is 7.92. The van der Waals surface area contributed by atoms with Gasteiger partial charge in [0.05, 0.1) is 50.3 Å². The Labute approximate surface area is 213 Å². The lowest BCUT2D eigenvalue weighted by Gasteiger charge is -2.25. The number of rotatable bonds is 10. The molecule has 0 aromatic heterocycles. The molecule has 0 bridgehead atoms. The van der Waals surface area contributed by atoms with Crippen LogP contribution in [0, 0.1) is 5.82 Å². The zero-order valence-corrected chi connectivity index (χ0v) is 21.3. The molecule has 3 aromatic rings. The topological polar surface area (TPSA) is 120 Å². The number of hydrogen-bond donors (Lipinski definition) is 1. The Morgan fingerprint density at radius 3 is 2.08 bits per heavy atom. The predicted octanol–water partition coefficient (Wildman–Crippen LogP) is 3.47. The SMILES string of the molecule is COC(=O)c1cc(OC)c(OC)cc1NC(=O)CN(c1ccccc1F)S(=O)(=O)c1ccc(OC)cc1. The van der Waals surface area contributed by atoms with E-state index in [9.17, 15) is 22.4 Å². The molecule has 12 heteroatoms. The first-order valence-electron chi connectivity index (χ1n) is 10.7. The molecule has 0 fully saturated rings. The van der Waals surface area contributed by atoms with Crippen LogP contribution < -0.4 is 23.8 Å². The number of carbonyl (C=O) groups excluding carboxylic acids is 2. The van der Waals surface area contributed by atoms with Crippen LogP contribution in [0.5, 0.6) is 17.2 Å². The molecule has 0 aliphatic rings. The van der Waals surface area contributed by atoms with Gasteiger partial charge in [-0.3, -0.25) is 9.10 Å². The Morgan fingerprint density at radius 2 is 1.51 bits per heavy atom. The number of nitrogens with one attached hydrogen (secondary N) is 1. The van der Waals surface area contributed by atoms with Crippen LogP contribution in [0.3, 0.4) is 0 Å². The lowest BCUT2D eigenvalue weighted by molar-refractivity contribution is -0.114. The van der Waals surface area contributed by atoms with E-state index in [-0.39, 0.29) is 33.3 Å². The molecule has 0 saturated carbocycles. The van der Waals surface area contributed by atoms with Gasteiger partial charge in [-0.2, -0.15) is 0 Å². The number of amides is 1. The number of benzene rings is 3. The first kappa shape index (κ1) is 27.3. The average Bonchev–Trinajstić information content (AvgIpc) is 2.91. The second-order valence-corrected chi connectivity index (χ2v) is 9.29. The zero-order chi connectivity index (χ0) is 27.2. The summed E-state index contributed by atoms with van der Waals surface area (Å²) in [4.78, 5) is 25.3. The number of esters is 1. The number of methoxy groups -OCH3 is 4. The van der Waals surface area contributed by atoms with Gasteiger partial charge in [0.25, 0.3) is 10.0 Å². The number of ether oxygens (including phenoxy) is 4. The van der Waals surface area contributed by atoms with Crippen LogP contribution in [-0.2, 0) is 19.6 Å². The van der Waals surface area contributed by atoms with Crippen molar-refractivity contribution in [3.63, 3.8) is 0 Å². The largest absolute Gasteiger partial charge is 0.497 e. The minimum absolute atomic E-state index is 0.0233. The lowest BCUT2D eigenvalue weighted by atomic mass is 10.1. The summed E-state index contributed by atoms with van der Waals surface area (Å²) in [5.74, 6) is -1.68. The Hall–Kier alpha value is -4.32. The van der Waals surface area contributed by atoms with E-state index in [4.69, 9.17) is 18.9 Å². The van der Waals surface area contributed by atoms with Gasteiger partial charge >= 0.3 is 5.97 Å². The molecule has 3 aromatic carbocycles. The summed E-state index contributed by atoms with van der Waals surface area (Å²) in [5.41, 5.74) is -0.428. The molecule has 0 aliphatic heterocycles. The monoisotopic (exact) mass is 532 g/mol. The fourth-order valence-electron chi connectivity index (χ4n) is 3.41. The van der Waals surface area contributed by atoms with Gasteiger partial charge in [-0.25, -0.2) is 17.6 Å². The molecular formula is C25H25FN2O8S. The number of sulfonamides is 1. The number of para-hydroxylation sites is 1. The third kappa shape index (κ3) is 5.92. The van der Waals surface area contributed by atoms with Crippen molar-refractivity contribution in [1.29, 1.82) is 0 Å². The van der Waals surface area contributed by atoms with Gasteiger partial charge in [-0.05, 0) is 36.4 Å². The molecule has 0 heterocycles. The van der Waals surface area contributed by atoms with E-state index < -0.39 is 34.3 Å². The Bertz CT molecular complexity index is 1390. The fraction of sp³-hybridized carbons (Fsp3) is 0.200. The maximum Gasteiger partial charge on any atom is 0.340 e. The Kier molecular flexibility index (Phi) is 8.56. The maximum absolute atomic E-state index is 14.7. The van der Waals surface area contributed by atoms with E-state index >= 15 is 0 Å². The summed E-state index contributed by atoms with van der Waals surface area (Å²) >= 11 is 0. The highest BCUT2D eigenvalue weighted by Gasteiger charge is 2.30. The van der Waals surface area contributed by atoms with Gasteiger partial charge in [-0.1, -0.05) is 12.1 Å². The second-order valence-electron chi connectivity index (χ2n) is 7.43. The van der Waals surface area contributed by atoms with Gasteiger partial charge in [0.1, 0.15) is 18.1 Å². The second kappa shape index (κ2) is 11.6. The highest BCUT2D eigenvalue weighted by Crippen LogP contribution is 2.34. The van der Waals surface area contributed by atoms with Crippen LogP contribution in [0.25, 0.3) is 0 Å². The van der Waals surface area contributed by atoms with E-state index in [0.717, 1.165) is 13.2 Å². The van der Waals surface area contributed by atoms with E-state index in [1.54, 1.807) is 0 Å². The molecule has 10 nitrogen and oxygen atoms in total. The van der Waals surface area contributed by atoms with Crippen molar-refractivity contribution in [2.75, 3.05) is 44.6 Å². The van der Waals surface area contributed by atoms with Gasteiger partial charge < -0.3 is 24.3 Å². The summed E-state index contributed by atoms with van der Waals surface area (Å²) in [7, 11) is 0.915. The van der Waals surface area contributed by atoms with Crippen molar-refractivity contribution in [3.05, 3.63) is 72.0 Å². The minimum atomic E-state index is -4.40. The summed E-state index contributed by atoms with van der Waals surface area (Å²) in [6, 6.07) is 13.2. The first-order chi connectivity index (χ1) is 17.7. The van der Waals surface area contributed by atoms with Crippen molar-refractivity contribution in [2.45, 2.75) is 4.90 Å². The van der Waals surface area contributed by atoms with Gasteiger partial charge in [0.2, 0.25) is 5.91 Å². The van der Waals surface area contributed by atoms with Crippen LogP contribution in [0.15, 0.2) is 65.6 Å². The number of halogens is 1. The van der Waals surface area contributed by atoms with Crippen LogP contribution in [0.2, 0.25) is 0 Å². The molecule has 0 aliphatic carbocycles. The van der Waals surface area contributed by atoms with Crippen molar-refractivity contribution in [2.24, 2.45) is 0 Å². The van der Waals surface area contributed by atoms with Crippen molar-refractivity contribution in [1.82, 2.24) is 0 Å². The molecule has 0 saturated heterocycles. The average molecular weight is 533 g/mol. The lowest BCUT2D eigenvalue weighted by Crippen LogP contribution is -2.38. The molecule has 0 radical (unpaired) electrons. The Balaban J connectivity index is 2.02. The third-order valence-corrected chi connectivity index (χ3v) is 7.03. The summed E-state index contributed by atoms with van der Waals surface area (Å²) < 4.78 is 62.6. The third-order valence-electron chi connectivity index (χ3n) is 5.26. The van der Waals surface area contributed by atoms with E-state index in [2.05, 4.69) is 5.32 Å². The minimum Gasteiger partial charge on any atom is -0.497 e. The van der Waals surface area contributed by atoms with Gasteiger partial charge in [-0.15, -0.1) is 0 Å². The zero-order valence-electron chi connectivity index (χ0n) is 20.5. The number of anilines is 2. The van der Waals surface area contributed by atoms with E-state index in [0.29, 0.717) is 10.1 Å². The molecule has 1 N–H and O–H groups in total. The molecule has 0 unspecified atom stereocenters. The van der Waals surface area contributed by atoms with Crippen LogP contribution in [0.1, 0.15) is 10.4 Å². The summed E-state index contributed by atoms with van der Waals surface area (Å²) in [6.45, 7) is -0.815. The molecule has 37 heavy (non-hydrogen) atoms. The van der Waals surface area contributed by atoms with E-state index in [1.165, 1.54) is 75.9 Å². The van der Waals surface area contributed by atoms with Crippen molar-refractivity contribution in [3.8, 4) is 17.2 Å². The van der Waals surface area contributed by atoms with E-state index in [1.807, 2.05) is 0 Å². The van der Waals surface area contributed by atoms with Gasteiger partial charge in [0, 0.05) is 12.1 Å². The highest BCUT2D eigenvalue weighted by atomic mass is 32.2. The molecular weight excluding hydrogens is 507 g/mol. The van der Waals surface area contributed by atoms with Crippen LogP contribution in [0.4, 0.5) is 15.8 Å². The first-order valence-corrected chi connectivity index (χ1v) is 12.2. The van der Waals surface area contributed by atoms with Crippen molar-refractivity contribution >= 4 is 33.3 Å². The van der Waals surface area contributed by atoms with Gasteiger partial charge in [0.15, 0.2) is 11.5 Å². The summed E-state index contributed by atoms with van der Waals surface area (Å²) in [5, 5.41) is 2.49. The van der Waals surface area contributed by atoms with Crippen LogP contribution in [-0.4, -0.2) is 55.3 Å². The molecule has 3 rings (SSSR count). The predicted molar refractivity (Wildman–Crippen MR) is 133 cm³/mol. The molecule has 0 atom stereocenters. The maximum atomic E-state index is 14.7. The summed E-state index contributed by atoms with van der Waals surface area (Å²) in [6.07, 6.45) is 0. The standard InChI is InChI=1S/C25H25FN2O8S/c1-33-16-9-11-17(12-10-16)37(31,32)28(21-8-6-5-7-19(21)26)15-24(29)27-20-14-23(35-3)22(34-2)13-18(20)25(30)36-4/h5-14H,15H2,1-4H3,(H,27,29). The Morgan fingerprint density at radius 1 is 0.892 bits per heavy atom. The smallest absolute Gasteiger partial charge is 0.340 e. The molecule has 196 valence electrons. The molecule has 0 spiro atoms. The quantitative estimate of drug-likeness (QED) is 0.394. The van der Waals surface area contributed by atoms with Crippen molar-refractivity contribution < 1.29 is 41.3 Å². The van der Waals surface area contributed by atoms with Crippen LogP contribution >= 0.6 is 0 Å². The normalized spacial score (nSPS) is 10.8. The number of nitrogens with zero attached hydrogens (tertiary/aromatic N) is 1.